The van der Waals surface area contributed by atoms with E-state index in [0.29, 0.717) is 17.8 Å². The van der Waals surface area contributed by atoms with Gasteiger partial charge in [-0.1, -0.05) is 6.07 Å². The van der Waals surface area contributed by atoms with Crippen molar-refractivity contribution in [2.45, 2.75) is 0 Å². The van der Waals surface area contributed by atoms with E-state index in [2.05, 4.69) is 15.9 Å². The minimum Gasteiger partial charge on any atom is -0.493 e. The van der Waals surface area contributed by atoms with Gasteiger partial charge < -0.3 is 9.47 Å². The Bertz CT molecular complexity index is 299. The van der Waals surface area contributed by atoms with Crippen LogP contribution in [0, 0.1) is 0 Å². The molecule has 13 heavy (non-hydrogen) atoms. The van der Waals surface area contributed by atoms with E-state index in [1.54, 1.807) is 13.2 Å². The molecule has 0 unspecified atom stereocenters. The van der Waals surface area contributed by atoms with Crippen molar-refractivity contribution in [2.24, 2.45) is 0 Å². The molecule has 0 saturated carbocycles. The molecule has 0 radical (unpaired) electrons. The number of hydrogen-bond acceptors (Lipinski definition) is 3. The minimum absolute atomic E-state index is 0.0268. The first-order chi connectivity index (χ1) is 6.29. The van der Waals surface area contributed by atoms with E-state index >= 15 is 0 Å². The molecule has 0 spiro atoms. The van der Waals surface area contributed by atoms with E-state index in [1.807, 2.05) is 12.1 Å². The number of halogens is 1. The van der Waals surface area contributed by atoms with Crippen LogP contribution in [0.25, 0.3) is 0 Å². The zero-order valence-corrected chi connectivity index (χ0v) is 8.71. The molecule has 70 valence electrons. The number of benzene rings is 1. The Balaban J connectivity index is 2.93. The number of methoxy groups -OCH3 is 1. The Kier molecular flexibility index (Phi) is 3.76. The molecule has 4 heteroatoms. The van der Waals surface area contributed by atoms with Gasteiger partial charge in [-0.15, -0.1) is 0 Å². The van der Waals surface area contributed by atoms with Gasteiger partial charge in [0, 0.05) is 0 Å². The lowest BCUT2D eigenvalue weighted by Gasteiger charge is -2.09. The van der Waals surface area contributed by atoms with E-state index in [9.17, 15) is 4.79 Å². The van der Waals surface area contributed by atoms with Crippen molar-refractivity contribution in [3.8, 4) is 11.5 Å². The molecule has 0 aromatic heterocycles. The fourth-order valence-electron chi connectivity index (χ4n) is 0.907. The summed E-state index contributed by atoms with van der Waals surface area (Å²) in [5.74, 6) is 1.16. The summed E-state index contributed by atoms with van der Waals surface area (Å²) in [7, 11) is 1.55. The molecule has 0 heterocycles. The largest absolute Gasteiger partial charge is 0.493 e. The third kappa shape index (κ3) is 2.45. The zero-order valence-electron chi connectivity index (χ0n) is 7.12. The highest BCUT2D eigenvalue weighted by Gasteiger charge is 2.07. The molecule has 1 rings (SSSR count). The second kappa shape index (κ2) is 4.87. The van der Waals surface area contributed by atoms with Gasteiger partial charge in [0.15, 0.2) is 17.8 Å². The molecule has 0 fully saturated rings. The van der Waals surface area contributed by atoms with E-state index in [0.717, 1.165) is 4.47 Å². The molecular formula is C9H9BrO3. The van der Waals surface area contributed by atoms with Crippen LogP contribution >= 0.6 is 15.9 Å². The molecule has 1 aromatic rings. The first kappa shape index (κ1) is 10.1. The lowest BCUT2D eigenvalue weighted by atomic mass is 10.3. The monoisotopic (exact) mass is 244 g/mol. The first-order valence-corrected chi connectivity index (χ1v) is 4.48. The number of para-hydroxylation sites is 1. The molecule has 3 nitrogen and oxygen atoms in total. The van der Waals surface area contributed by atoms with Crippen LogP contribution in [0.15, 0.2) is 22.7 Å². The Morgan fingerprint density at radius 3 is 2.92 bits per heavy atom. The van der Waals surface area contributed by atoms with E-state index in [1.165, 1.54) is 0 Å². The van der Waals surface area contributed by atoms with Gasteiger partial charge in [-0.25, -0.2) is 0 Å². The summed E-state index contributed by atoms with van der Waals surface area (Å²) in [5, 5.41) is 0. The highest BCUT2D eigenvalue weighted by atomic mass is 79.9. The average Bonchev–Trinajstić information content (AvgIpc) is 2.15. The molecule has 0 saturated heterocycles. The minimum atomic E-state index is 0.0268. The zero-order chi connectivity index (χ0) is 9.68. The maximum absolute atomic E-state index is 10.1. The predicted octanol–water partition coefficient (Wildman–Crippen LogP) is 2.04. The lowest BCUT2D eigenvalue weighted by molar-refractivity contribution is -0.109. The fourth-order valence-corrected chi connectivity index (χ4v) is 1.37. The fraction of sp³-hybridized carbons (Fsp3) is 0.222. The summed E-state index contributed by atoms with van der Waals surface area (Å²) in [6, 6.07) is 5.42. The summed E-state index contributed by atoms with van der Waals surface area (Å²) >= 11 is 3.30. The quantitative estimate of drug-likeness (QED) is 0.761. The third-order valence-corrected chi connectivity index (χ3v) is 2.07. The van der Waals surface area contributed by atoms with Crippen molar-refractivity contribution in [3.63, 3.8) is 0 Å². The second-order valence-corrected chi connectivity index (χ2v) is 3.10. The summed E-state index contributed by atoms with van der Waals surface area (Å²) in [6.07, 6.45) is 0.693. The second-order valence-electron chi connectivity index (χ2n) is 2.25. The highest BCUT2D eigenvalue weighted by molar-refractivity contribution is 9.10. The Labute approximate surface area is 84.8 Å². The Hall–Kier alpha value is -1.03. The number of carbonyl (C=O) groups is 1. The van der Waals surface area contributed by atoms with Crippen LogP contribution in [0.3, 0.4) is 0 Å². The topological polar surface area (TPSA) is 35.5 Å². The third-order valence-electron chi connectivity index (χ3n) is 1.45. The summed E-state index contributed by atoms with van der Waals surface area (Å²) in [5.41, 5.74) is 0. The molecule has 0 aliphatic carbocycles. The molecular weight excluding hydrogens is 236 g/mol. The molecule has 0 N–H and O–H groups in total. The normalized spacial score (nSPS) is 9.38. The summed E-state index contributed by atoms with van der Waals surface area (Å²) < 4.78 is 11.0. The van der Waals surface area contributed by atoms with Crippen molar-refractivity contribution in [1.82, 2.24) is 0 Å². The molecule has 0 atom stereocenters. The van der Waals surface area contributed by atoms with Gasteiger partial charge in [0.05, 0.1) is 11.6 Å². The average molecular weight is 245 g/mol. The number of aldehydes is 1. The molecule has 0 bridgehead atoms. The van der Waals surface area contributed by atoms with Crippen LogP contribution in [-0.4, -0.2) is 20.0 Å². The van der Waals surface area contributed by atoms with Crippen molar-refractivity contribution < 1.29 is 14.3 Å². The van der Waals surface area contributed by atoms with Crippen LogP contribution in [0.4, 0.5) is 0 Å². The van der Waals surface area contributed by atoms with E-state index in [4.69, 9.17) is 9.47 Å². The van der Waals surface area contributed by atoms with Crippen LogP contribution in [0.5, 0.6) is 11.5 Å². The van der Waals surface area contributed by atoms with Crippen molar-refractivity contribution in [3.05, 3.63) is 22.7 Å². The summed E-state index contributed by atoms with van der Waals surface area (Å²) in [4.78, 5) is 10.1. The van der Waals surface area contributed by atoms with Gasteiger partial charge in [-0.05, 0) is 28.1 Å². The smallest absolute Gasteiger partial charge is 0.175 e. The predicted molar refractivity (Wildman–Crippen MR) is 52.3 cm³/mol. The molecule has 0 aliphatic heterocycles. The van der Waals surface area contributed by atoms with Gasteiger partial charge in [0.1, 0.15) is 6.61 Å². The molecule has 0 aliphatic rings. The summed E-state index contributed by atoms with van der Waals surface area (Å²) in [6.45, 7) is 0.0268. The van der Waals surface area contributed by atoms with Gasteiger partial charge >= 0.3 is 0 Å². The lowest BCUT2D eigenvalue weighted by Crippen LogP contribution is -2.00. The van der Waals surface area contributed by atoms with Gasteiger partial charge in [-0.3, -0.25) is 4.79 Å². The standard InChI is InChI=1S/C9H9BrO3/c1-12-8-4-2-3-7(10)9(8)13-6-5-11/h2-5H,6H2,1H3. The van der Waals surface area contributed by atoms with Gasteiger partial charge in [0.2, 0.25) is 0 Å². The van der Waals surface area contributed by atoms with Crippen LogP contribution in [0.1, 0.15) is 0 Å². The van der Waals surface area contributed by atoms with Crippen molar-refractivity contribution >= 4 is 22.2 Å². The van der Waals surface area contributed by atoms with Gasteiger partial charge in [0.25, 0.3) is 0 Å². The van der Waals surface area contributed by atoms with Crippen molar-refractivity contribution in [1.29, 1.82) is 0 Å². The maximum Gasteiger partial charge on any atom is 0.175 e. The van der Waals surface area contributed by atoms with E-state index < -0.39 is 0 Å². The highest BCUT2D eigenvalue weighted by Crippen LogP contribution is 2.34. The number of ether oxygens (including phenoxy) is 2. The Morgan fingerprint density at radius 2 is 2.31 bits per heavy atom. The van der Waals surface area contributed by atoms with Crippen LogP contribution < -0.4 is 9.47 Å². The maximum atomic E-state index is 10.1. The Morgan fingerprint density at radius 1 is 1.54 bits per heavy atom. The van der Waals surface area contributed by atoms with Crippen LogP contribution in [0.2, 0.25) is 0 Å². The van der Waals surface area contributed by atoms with Gasteiger partial charge in [-0.2, -0.15) is 0 Å². The van der Waals surface area contributed by atoms with E-state index in [-0.39, 0.29) is 6.61 Å². The van der Waals surface area contributed by atoms with Crippen LogP contribution in [-0.2, 0) is 4.79 Å². The first-order valence-electron chi connectivity index (χ1n) is 3.68. The number of rotatable bonds is 4. The number of hydrogen-bond donors (Lipinski definition) is 0. The molecule has 1 aromatic carbocycles. The SMILES string of the molecule is COc1cccc(Br)c1OCC=O. The number of carbonyl (C=O) groups excluding carboxylic acids is 1. The van der Waals surface area contributed by atoms with Crippen molar-refractivity contribution in [2.75, 3.05) is 13.7 Å². The molecule has 0 amide bonds.